The Morgan fingerprint density at radius 2 is 1.78 bits per heavy atom. The maximum atomic E-state index is 12.9. The van der Waals surface area contributed by atoms with Crippen LogP contribution in [0.3, 0.4) is 0 Å². The summed E-state index contributed by atoms with van der Waals surface area (Å²) in [6.07, 6.45) is 0.0671. The van der Waals surface area contributed by atoms with Crippen molar-refractivity contribution in [3.05, 3.63) is 64.7 Å². The molecule has 0 aliphatic heterocycles. The van der Waals surface area contributed by atoms with Gasteiger partial charge in [0, 0.05) is 6.42 Å². The number of rotatable bonds is 4. The van der Waals surface area contributed by atoms with Crippen molar-refractivity contribution in [2.75, 3.05) is 13.7 Å². The molecule has 3 aliphatic rings. The van der Waals surface area contributed by atoms with Crippen LogP contribution >= 0.6 is 0 Å². The summed E-state index contributed by atoms with van der Waals surface area (Å²) in [7, 11) is 1.56. The number of esters is 1. The van der Waals surface area contributed by atoms with Gasteiger partial charge in [-0.15, -0.1) is 0 Å². The van der Waals surface area contributed by atoms with E-state index in [4.69, 9.17) is 9.47 Å². The Balaban J connectivity index is 1.90. The lowest BCUT2D eigenvalue weighted by atomic mass is 9.54. The fraction of sp³-hybridized carbons (Fsp3) is 0.409. The largest absolute Gasteiger partial charge is 0.497 e. The zero-order valence-electron chi connectivity index (χ0n) is 15.7. The van der Waals surface area contributed by atoms with E-state index in [1.54, 1.807) is 43.5 Å². The second kappa shape index (κ2) is 6.08. The fourth-order valence-electron chi connectivity index (χ4n) is 4.43. The van der Waals surface area contributed by atoms with Crippen molar-refractivity contribution < 1.29 is 24.5 Å². The molecule has 0 fully saturated rings. The average Bonchev–Trinajstić information content (AvgIpc) is 2.68. The van der Waals surface area contributed by atoms with Crippen LogP contribution in [0.25, 0.3) is 0 Å². The molecule has 3 unspecified atom stereocenters. The first-order valence-corrected chi connectivity index (χ1v) is 9.22. The molecule has 27 heavy (non-hydrogen) atoms. The Bertz CT molecular complexity index is 905. The summed E-state index contributed by atoms with van der Waals surface area (Å²) in [5.41, 5.74) is -0.634. The number of hydrogen-bond acceptors (Lipinski definition) is 5. The topological polar surface area (TPSA) is 76.0 Å². The Morgan fingerprint density at radius 1 is 1.11 bits per heavy atom. The van der Waals surface area contributed by atoms with Gasteiger partial charge >= 0.3 is 5.97 Å². The quantitative estimate of drug-likeness (QED) is 0.812. The van der Waals surface area contributed by atoms with Crippen molar-refractivity contribution in [3.63, 3.8) is 0 Å². The van der Waals surface area contributed by atoms with Crippen molar-refractivity contribution >= 4 is 5.97 Å². The molecule has 2 N–H and O–H groups in total. The van der Waals surface area contributed by atoms with Crippen molar-refractivity contribution in [2.45, 2.75) is 31.5 Å². The van der Waals surface area contributed by atoms with E-state index in [2.05, 4.69) is 0 Å². The van der Waals surface area contributed by atoms with Gasteiger partial charge in [-0.3, -0.25) is 4.79 Å². The average molecular weight is 368 g/mol. The van der Waals surface area contributed by atoms with Crippen LogP contribution in [0.1, 0.15) is 42.5 Å². The highest BCUT2D eigenvalue weighted by Crippen LogP contribution is 2.60. The van der Waals surface area contributed by atoms with Gasteiger partial charge in [-0.2, -0.15) is 0 Å². The van der Waals surface area contributed by atoms with E-state index < -0.39 is 23.1 Å². The number of fused-ring (bicyclic) bond motifs is 1. The van der Waals surface area contributed by atoms with Gasteiger partial charge in [0.05, 0.1) is 19.6 Å². The molecule has 0 radical (unpaired) electrons. The van der Waals surface area contributed by atoms with E-state index in [0.717, 1.165) is 0 Å². The Kier molecular flexibility index (Phi) is 4.05. The summed E-state index contributed by atoms with van der Waals surface area (Å²) < 4.78 is 10.8. The molecule has 0 amide bonds. The molecular formula is C22H24O5. The van der Waals surface area contributed by atoms with Crippen molar-refractivity contribution in [1.82, 2.24) is 0 Å². The van der Waals surface area contributed by atoms with E-state index in [1.165, 1.54) is 0 Å². The smallest absolute Gasteiger partial charge is 0.312 e. The lowest BCUT2D eigenvalue weighted by Gasteiger charge is -2.53. The molecule has 2 aromatic rings. The third kappa shape index (κ3) is 2.42. The van der Waals surface area contributed by atoms with Crippen LogP contribution in [0.2, 0.25) is 0 Å². The molecule has 3 aliphatic carbocycles. The zero-order chi connectivity index (χ0) is 19.4. The SMILES string of the molecule is COc1ccc2c(c1)C1(O)CC(C(=O)OCC(C)C)C2(O)c2ccccc21. The number of benzene rings is 2. The third-order valence-corrected chi connectivity index (χ3v) is 5.71. The highest BCUT2D eigenvalue weighted by atomic mass is 16.5. The van der Waals surface area contributed by atoms with Crippen LogP contribution < -0.4 is 4.74 Å². The standard InChI is InChI=1S/C22H24O5/c1-13(2)12-27-20(23)19-11-21(24)15-6-4-5-7-16(15)22(19,25)17-9-8-14(26-3)10-18(17)21/h4-10,13,19,24-25H,11-12H2,1-3H3. The molecule has 0 saturated carbocycles. The lowest BCUT2D eigenvalue weighted by Crippen LogP contribution is -2.57. The molecule has 3 atom stereocenters. The van der Waals surface area contributed by atoms with Crippen molar-refractivity contribution in [1.29, 1.82) is 0 Å². The van der Waals surface area contributed by atoms with Crippen molar-refractivity contribution in [3.8, 4) is 5.75 Å². The number of hydrogen-bond donors (Lipinski definition) is 2. The summed E-state index contributed by atoms with van der Waals surface area (Å²) in [5.74, 6) is -0.580. The van der Waals surface area contributed by atoms with Gasteiger partial charge in [0.1, 0.15) is 17.0 Å². The fourth-order valence-corrected chi connectivity index (χ4v) is 4.43. The van der Waals surface area contributed by atoms with E-state index in [9.17, 15) is 15.0 Å². The zero-order valence-corrected chi connectivity index (χ0v) is 15.7. The number of ether oxygens (including phenoxy) is 2. The number of aliphatic hydroxyl groups is 2. The lowest BCUT2D eigenvalue weighted by molar-refractivity contribution is -0.168. The molecule has 2 bridgehead atoms. The van der Waals surface area contributed by atoms with E-state index in [1.807, 2.05) is 19.9 Å². The van der Waals surface area contributed by atoms with Gasteiger partial charge in [0.25, 0.3) is 0 Å². The first kappa shape index (κ1) is 18.0. The summed E-state index contributed by atoms with van der Waals surface area (Å²) >= 11 is 0. The normalized spacial score (nSPS) is 27.9. The maximum absolute atomic E-state index is 12.9. The van der Waals surface area contributed by atoms with Crippen LogP contribution in [-0.2, 0) is 20.7 Å². The minimum atomic E-state index is -1.54. The Labute approximate surface area is 158 Å². The first-order valence-electron chi connectivity index (χ1n) is 9.22. The predicted molar refractivity (Wildman–Crippen MR) is 99.3 cm³/mol. The maximum Gasteiger partial charge on any atom is 0.312 e. The van der Waals surface area contributed by atoms with Crippen LogP contribution in [0, 0.1) is 11.8 Å². The monoisotopic (exact) mass is 368 g/mol. The molecule has 5 heteroatoms. The van der Waals surface area contributed by atoms with Gasteiger partial charge in [-0.05, 0) is 40.3 Å². The van der Waals surface area contributed by atoms with Gasteiger partial charge < -0.3 is 19.7 Å². The molecule has 142 valence electrons. The van der Waals surface area contributed by atoms with E-state index in [-0.39, 0.29) is 18.9 Å². The van der Waals surface area contributed by atoms with Gasteiger partial charge in [0.15, 0.2) is 0 Å². The number of methoxy groups -OCH3 is 1. The second-order valence-corrected chi connectivity index (χ2v) is 7.86. The molecule has 5 rings (SSSR count). The molecule has 0 spiro atoms. The minimum Gasteiger partial charge on any atom is -0.497 e. The van der Waals surface area contributed by atoms with Gasteiger partial charge in [-0.1, -0.05) is 44.2 Å². The first-order chi connectivity index (χ1) is 12.8. The Hall–Kier alpha value is -2.37. The highest BCUT2D eigenvalue weighted by Gasteiger charge is 2.62. The molecule has 0 heterocycles. The summed E-state index contributed by atoms with van der Waals surface area (Å²) in [4.78, 5) is 12.9. The summed E-state index contributed by atoms with van der Waals surface area (Å²) in [6.45, 7) is 4.19. The van der Waals surface area contributed by atoms with Gasteiger partial charge in [-0.25, -0.2) is 0 Å². The summed E-state index contributed by atoms with van der Waals surface area (Å²) in [5, 5.41) is 23.5. The van der Waals surface area contributed by atoms with Crippen LogP contribution in [0.15, 0.2) is 42.5 Å². The highest BCUT2D eigenvalue weighted by molar-refractivity contribution is 5.79. The number of carbonyl (C=O) groups excluding carboxylic acids is 1. The van der Waals surface area contributed by atoms with Crippen LogP contribution in [0.4, 0.5) is 0 Å². The van der Waals surface area contributed by atoms with Crippen molar-refractivity contribution in [2.24, 2.45) is 11.8 Å². The second-order valence-electron chi connectivity index (χ2n) is 7.86. The molecule has 0 saturated heterocycles. The molecule has 0 aromatic heterocycles. The molecule has 2 aromatic carbocycles. The molecule has 5 nitrogen and oxygen atoms in total. The summed E-state index contributed by atoms with van der Waals surface area (Å²) in [6, 6.07) is 12.4. The number of carbonyl (C=O) groups is 1. The van der Waals surface area contributed by atoms with E-state index >= 15 is 0 Å². The predicted octanol–water partition coefficient (Wildman–Crippen LogP) is 2.70. The third-order valence-electron chi connectivity index (χ3n) is 5.71. The van der Waals surface area contributed by atoms with E-state index in [0.29, 0.717) is 28.0 Å². The van der Waals surface area contributed by atoms with Crippen LogP contribution in [-0.4, -0.2) is 29.9 Å². The molecular weight excluding hydrogens is 344 g/mol. The van der Waals surface area contributed by atoms with Crippen LogP contribution in [0.5, 0.6) is 5.75 Å². The Morgan fingerprint density at radius 3 is 2.44 bits per heavy atom. The van der Waals surface area contributed by atoms with Gasteiger partial charge in [0.2, 0.25) is 0 Å². The minimum absolute atomic E-state index is 0.0671.